The van der Waals surface area contributed by atoms with Crippen LogP contribution in [0.4, 0.5) is 0 Å². The van der Waals surface area contributed by atoms with Crippen LogP contribution in [0.2, 0.25) is 0 Å². The van der Waals surface area contributed by atoms with Crippen LogP contribution in [-0.2, 0) is 20.8 Å². The summed E-state index contributed by atoms with van der Waals surface area (Å²) in [7, 11) is 9.87. The monoisotopic (exact) mass is 431 g/mol. The van der Waals surface area contributed by atoms with Crippen molar-refractivity contribution in [2.45, 2.75) is 57.9 Å². The van der Waals surface area contributed by atoms with Crippen molar-refractivity contribution in [3.05, 3.63) is 29.3 Å². The number of aliphatic imine (C=N–C) groups is 1. The second kappa shape index (κ2) is 10.2. The Morgan fingerprint density at radius 1 is 1.13 bits per heavy atom. The van der Waals surface area contributed by atoms with E-state index >= 15 is 0 Å². The molecule has 23 heavy (non-hydrogen) atoms. The van der Waals surface area contributed by atoms with Gasteiger partial charge in [0.25, 0.3) is 0 Å². The van der Waals surface area contributed by atoms with Crippen LogP contribution >= 0.6 is 17.0 Å². The van der Waals surface area contributed by atoms with Crippen molar-refractivity contribution >= 4 is 23.2 Å². The van der Waals surface area contributed by atoms with E-state index in [0.717, 1.165) is 23.0 Å². The van der Waals surface area contributed by atoms with Crippen LogP contribution in [-0.4, -0.2) is 17.4 Å². The molecule has 1 aromatic rings. The maximum atomic E-state index is 10.1. The van der Waals surface area contributed by atoms with E-state index < -0.39 is 20.8 Å². The summed E-state index contributed by atoms with van der Waals surface area (Å²) in [5.74, 6) is 2.10. The van der Waals surface area contributed by atoms with Gasteiger partial charge < -0.3 is 5.11 Å². The van der Waals surface area contributed by atoms with Gasteiger partial charge in [0.15, 0.2) is 0 Å². The number of hydrogen-bond acceptors (Lipinski definition) is 2. The molecule has 2 bridgehead atoms. The minimum atomic E-state index is -0.826. The number of fused-ring (bicyclic) bond motifs is 3. The molecule has 2 saturated carbocycles. The SMILES string of the molecule is Cc1cccc(C=NC2CCC3CCCC2CC3)c1O.[Cl][Zr][Cl]. The van der Waals surface area contributed by atoms with Gasteiger partial charge in [-0.05, 0) is 56.1 Å². The zero-order valence-corrected chi connectivity index (χ0v) is 17.6. The quantitative estimate of drug-likeness (QED) is 0.583. The molecule has 3 atom stereocenters. The van der Waals surface area contributed by atoms with Gasteiger partial charge in [-0.3, -0.25) is 4.99 Å². The number of halogens is 2. The third kappa shape index (κ3) is 5.87. The van der Waals surface area contributed by atoms with Crippen molar-refractivity contribution in [3.8, 4) is 5.75 Å². The Bertz CT molecular complexity index is 524. The summed E-state index contributed by atoms with van der Waals surface area (Å²) in [6, 6.07) is 6.34. The molecular weight excluding hydrogens is 408 g/mol. The molecule has 1 aromatic carbocycles. The molecule has 0 aromatic heterocycles. The van der Waals surface area contributed by atoms with Gasteiger partial charge in [-0.1, -0.05) is 31.4 Å². The summed E-state index contributed by atoms with van der Waals surface area (Å²) in [6.45, 7) is 1.93. The van der Waals surface area contributed by atoms with Crippen molar-refractivity contribution in [2.75, 3.05) is 0 Å². The van der Waals surface area contributed by atoms with E-state index in [2.05, 4.69) is 0 Å². The number of nitrogens with zero attached hydrogens (tertiary/aromatic N) is 1. The van der Waals surface area contributed by atoms with Gasteiger partial charge in [0.1, 0.15) is 5.75 Å². The molecule has 3 unspecified atom stereocenters. The summed E-state index contributed by atoms with van der Waals surface area (Å²) in [5, 5.41) is 10.1. The molecule has 0 spiro atoms. The molecule has 0 amide bonds. The second-order valence-corrected chi connectivity index (χ2v) is 10.4. The van der Waals surface area contributed by atoms with Gasteiger partial charge in [0.2, 0.25) is 0 Å². The molecule has 1 N–H and O–H groups in total. The molecule has 126 valence electrons. The standard InChI is InChI=1S/C18H25NO.2ClH.Zr/c1-13-4-2-7-16(18(13)20)12-19-17-11-9-14-5-3-6-15(17)10-8-14;;;/h2,4,7,12,14-15,17,20H,3,5-6,8-11H2,1H3;2*1H;/q;;;+2/p-2. The van der Waals surface area contributed by atoms with E-state index in [9.17, 15) is 5.11 Å². The molecule has 2 fully saturated rings. The Hall–Kier alpha value is 0.153. The average Bonchev–Trinajstić information content (AvgIpc) is 2.86. The topological polar surface area (TPSA) is 32.6 Å². The minimum absolute atomic E-state index is 0.381. The van der Waals surface area contributed by atoms with Gasteiger partial charge in [-0.2, -0.15) is 0 Å². The van der Waals surface area contributed by atoms with Crippen LogP contribution in [0.15, 0.2) is 23.2 Å². The number of hydrogen-bond donors (Lipinski definition) is 1. The number of rotatable bonds is 2. The van der Waals surface area contributed by atoms with E-state index in [0.29, 0.717) is 11.8 Å². The summed E-state index contributed by atoms with van der Waals surface area (Å²) >= 11 is -0.826. The second-order valence-electron chi connectivity index (χ2n) is 6.64. The first kappa shape index (κ1) is 19.5. The average molecular weight is 434 g/mol. The fourth-order valence-corrected chi connectivity index (χ4v) is 3.88. The third-order valence-corrected chi connectivity index (χ3v) is 5.22. The first-order valence-corrected chi connectivity index (χ1v) is 14.8. The first-order chi connectivity index (χ1) is 11.2. The van der Waals surface area contributed by atoms with Gasteiger partial charge in [0, 0.05) is 11.8 Å². The third-order valence-electron chi connectivity index (χ3n) is 5.22. The number of para-hydroxylation sites is 1. The van der Waals surface area contributed by atoms with Gasteiger partial charge in [0.05, 0.1) is 6.04 Å². The number of benzene rings is 1. The first-order valence-electron chi connectivity index (χ1n) is 8.43. The predicted molar refractivity (Wildman–Crippen MR) is 95.2 cm³/mol. The van der Waals surface area contributed by atoms with Crippen molar-refractivity contribution < 1.29 is 26.0 Å². The molecular formula is C18H25Cl2NOZr. The molecule has 2 nitrogen and oxygen atoms in total. The summed E-state index contributed by atoms with van der Waals surface area (Å²) in [5.41, 5.74) is 1.79. The number of aryl methyl sites for hydroxylation is 1. The molecule has 2 aliphatic carbocycles. The number of phenolic OH excluding ortho intramolecular Hbond substituents is 1. The normalized spacial score (nSPS) is 27.0. The molecule has 3 rings (SSSR count). The maximum absolute atomic E-state index is 10.1. The molecule has 0 heterocycles. The van der Waals surface area contributed by atoms with E-state index in [1.165, 1.54) is 44.9 Å². The van der Waals surface area contributed by atoms with Crippen LogP contribution in [0.1, 0.15) is 56.1 Å². The Morgan fingerprint density at radius 3 is 2.65 bits per heavy atom. The van der Waals surface area contributed by atoms with Crippen molar-refractivity contribution in [1.29, 1.82) is 0 Å². The van der Waals surface area contributed by atoms with E-state index in [4.69, 9.17) is 22.0 Å². The van der Waals surface area contributed by atoms with Crippen LogP contribution < -0.4 is 0 Å². The Balaban J connectivity index is 0.000000595. The van der Waals surface area contributed by atoms with E-state index in [-0.39, 0.29) is 0 Å². The number of phenols is 1. The Kier molecular flexibility index (Phi) is 8.65. The van der Waals surface area contributed by atoms with Crippen LogP contribution in [0, 0.1) is 18.8 Å². The molecule has 2 aliphatic rings. The zero-order chi connectivity index (χ0) is 16.7. The van der Waals surface area contributed by atoms with Crippen LogP contribution in [0.5, 0.6) is 5.75 Å². The Labute approximate surface area is 158 Å². The van der Waals surface area contributed by atoms with Crippen LogP contribution in [0.25, 0.3) is 0 Å². The van der Waals surface area contributed by atoms with E-state index in [1.54, 1.807) is 0 Å². The van der Waals surface area contributed by atoms with Crippen molar-refractivity contribution in [1.82, 2.24) is 0 Å². The summed E-state index contributed by atoms with van der Waals surface area (Å²) < 4.78 is 0. The fourth-order valence-electron chi connectivity index (χ4n) is 3.88. The van der Waals surface area contributed by atoms with Gasteiger partial charge in [-0.15, -0.1) is 0 Å². The predicted octanol–water partition coefficient (Wildman–Crippen LogP) is 5.85. The number of aromatic hydroxyl groups is 1. The molecule has 0 radical (unpaired) electrons. The van der Waals surface area contributed by atoms with Gasteiger partial charge in [-0.25, -0.2) is 0 Å². The van der Waals surface area contributed by atoms with Crippen molar-refractivity contribution in [3.63, 3.8) is 0 Å². The molecule has 5 heteroatoms. The van der Waals surface area contributed by atoms with E-state index in [1.807, 2.05) is 31.3 Å². The summed E-state index contributed by atoms with van der Waals surface area (Å²) in [6.07, 6.45) is 11.4. The molecule has 0 aliphatic heterocycles. The van der Waals surface area contributed by atoms with Crippen LogP contribution in [0.3, 0.4) is 0 Å². The van der Waals surface area contributed by atoms with Gasteiger partial charge >= 0.3 is 37.9 Å². The zero-order valence-electron chi connectivity index (χ0n) is 13.6. The molecule has 0 saturated heterocycles. The summed E-state index contributed by atoms with van der Waals surface area (Å²) in [4.78, 5) is 4.85. The van der Waals surface area contributed by atoms with Crippen molar-refractivity contribution in [2.24, 2.45) is 16.8 Å². The fraction of sp³-hybridized carbons (Fsp3) is 0.611. The Morgan fingerprint density at radius 2 is 1.87 bits per heavy atom.